The summed E-state index contributed by atoms with van der Waals surface area (Å²) in [6, 6.07) is 7.61. The van der Waals surface area contributed by atoms with Crippen molar-refractivity contribution in [1.82, 2.24) is 5.32 Å². The third-order valence-electron chi connectivity index (χ3n) is 4.40. The van der Waals surface area contributed by atoms with Crippen LogP contribution in [-0.4, -0.2) is 43.7 Å². The molecule has 1 aliphatic heterocycles. The number of rotatable bonds is 6. The summed E-state index contributed by atoms with van der Waals surface area (Å²) in [6.45, 7) is -0.388. The fraction of sp³-hybridized carbons (Fsp3) is 0.143. The maximum atomic E-state index is 13.2. The lowest BCUT2D eigenvalue weighted by Gasteiger charge is -2.29. The van der Waals surface area contributed by atoms with Crippen molar-refractivity contribution < 1.29 is 28.6 Å². The van der Waals surface area contributed by atoms with Crippen molar-refractivity contribution in [3.8, 4) is 11.5 Å². The Hall–Kier alpha value is -2.85. The van der Waals surface area contributed by atoms with Crippen LogP contribution in [0, 0.1) is 0 Å². The second kappa shape index (κ2) is 10.4. The topological polar surface area (TPSA) is 94.2 Å². The Morgan fingerprint density at radius 3 is 2.55 bits per heavy atom. The number of ether oxygens (including phenoxy) is 3. The zero-order chi connectivity index (χ0) is 24.3. The number of anilines is 1. The lowest BCUT2D eigenvalue weighted by atomic mass is 10.1. The number of nitrogens with one attached hydrogen (secondary N) is 1. The van der Waals surface area contributed by atoms with E-state index in [9.17, 15) is 14.4 Å². The Bertz CT molecular complexity index is 1200. The van der Waals surface area contributed by atoms with Crippen LogP contribution in [0.25, 0.3) is 6.08 Å². The minimum absolute atomic E-state index is 0.0824. The largest absolute Gasteiger partial charge is 0.493 e. The average Bonchev–Trinajstić information content (AvgIpc) is 2.77. The third-order valence-corrected chi connectivity index (χ3v) is 5.77. The molecule has 0 bridgehead atoms. The molecule has 3 rings (SSSR count). The van der Waals surface area contributed by atoms with Gasteiger partial charge in [0, 0.05) is 0 Å². The first-order valence-electron chi connectivity index (χ1n) is 9.10. The Balaban J connectivity index is 2.00. The van der Waals surface area contributed by atoms with Crippen LogP contribution in [-0.2, 0) is 19.1 Å². The van der Waals surface area contributed by atoms with Gasteiger partial charge in [0.15, 0.2) is 23.2 Å². The number of hydrogen-bond acceptors (Lipinski definition) is 7. The van der Waals surface area contributed by atoms with E-state index in [1.807, 2.05) is 0 Å². The molecule has 12 heteroatoms. The molecule has 172 valence electrons. The SMILES string of the molecule is COC(=O)COc1c(Cl)cc(/C=C2\C(=O)NC(=S)N(c3cccc(Cl)c3Cl)C2=O)cc1OC. The summed E-state index contributed by atoms with van der Waals surface area (Å²) in [5.41, 5.74) is 0.332. The van der Waals surface area contributed by atoms with Crippen molar-refractivity contribution in [2.45, 2.75) is 0 Å². The van der Waals surface area contributed by atoms with Gasteiger partial charge in [-0.25, -0.2) is 4.79 Å². The molecule has 0 spiro atoms. The van der Waals surface area contributed by atoms with E-state index < -0.39 is 17.8 Å². The second-order valence-corrected chi connectivity index (χ2v) is 8.01. The molecule has 33 heavy (non-hydrogen) atoms. The molecule has 0 radical (unpaired) electrons. The fourth-order valence-corrected chi connectivity index (χ4v) is 3.79. The highest BCUT2D eigenvalue weighted by molar-refractivity contribution is 7.80. The standard InChI is InChI=1S/C21H15Cl3N2O6S/c1-30-15-8-10(7-13(23)18(15)32-9-16(27)31-2)6-11-19(28)25-21(33)26(20(11)29)14-5-3-4-12(22)17(14)24/h3-8H,9H2,1-2H3,(H,25,28,33)/b11-6+. The van der Waals surface area contributed by atoms with E-state index in [4.69, 9.17) is 56.5 Å². The van der Waals surface area contributed by atoms with Gasteiger partial charge in [-0.1, -0.05) is 40.9 Å². The van der Waals surface area contributed by atoms with Crippen LogP contribution < -0.4 is 19.7 Å². The number of esters is 1. The van der Waals surface area contributed by atoms with Gasteiger partial charge in [-0.15, -0.1) is 0 Å². The second-order valence-electron chi connectivity index (χ2n) is 6.43. The zero-order valence-electron chi connectivity index (χ0n) is 17.1. The molecule has 2 amide bonds. The summed E-state index contributed by atoms with van der Waals surface area (Å²) in [6.07, 6.45) is 1.31. The van der Waals surface area contributed by atoms with Gasteiger partial charge >= 0.3 is 5.97 Å². The summed E-state index contributed by atoms with van der Waals surface area (Å²) in [5.74, 6) is -1.76. The minimum atomic E-state index is -0.714. The van der Waals surface area contributed by atoms with Crippen molar-refractivity contribution in [3.63, 3.8) is 0 Å². The van der Waals surface area contributed by atoms with Gasteiger partial charge in [0.1, 0.15) is 5.57 Å². The first kappa shape index (κ1) is 24.8. The Kier molecular flexibility index (Phi) is 7.80. The molecule has 1 heterocycles. The Labute approximate surface area is 208 Å². The van der Waals surface area contributed by atoms with Crippen LogP contribution in [0.15, 0.2) is 35.9 Å². The third kappa shape index (κ3) is 5.22. The van der Waals surface area contributed by atoms with Crippen LogP contribution in [0.5, 0.6) is 11.5 Å². The Morgan fingerprint density at radius 1 is 1.15 bits per heavy atom. The van der Waals surface area contributed by atoms with Gasteiger partial charge < -0.3 is 14.2 Å². The molecule has 0 unspecified atom stereocenters. The molecule has 1 N–H and O–H groups in total. The van der Waals surface area contributed by atoms with Crippen LogP contribution >= 0.6 is 47.0 Å². The van der Waals surface area contributed by atoms with Crippen LogP contribution in [0.1, 0.15) is 5.56 Å². The predicted molar refractivity (Wildman–Crippen MR) is 128 cm³/mol. The molecule has 8 nitrogen and oxygen atoms in total. The van der Waals surface area contributed by atoms with Gasteiger partial charge in [0.2, 0.25) is 0 Å². The number of hydrogen-bond donors (Lipinski definition) is 1. The van der Waals surface area contributed by atoms with Gasteiger partial charge in [-0.05, 0) is 48.1 Å². The highest BCUT2D eigenvalue weighted by Crippen LogP contribution is 2.38. The van der Waals surface area contributed by atoms with E-state index in [1.165, 1.54) is 32.4 Å². The number of nitrogens with zero attached hydrogens (tertiary/aromatic N) is 1. The van der Waals surface area contributed by atoms with Gasteiger partial charge in [-0.3, -0.25) is 19.8 Å². The maximum absolute atomic E-state index is 13.2. The summed E-state index contributed by atoms with van der Waals surface area (Å²) in [4.78, 5) is 38.2. The molecule has 1 aliphatic rings. The van der Waals surface area contributed by atoms with Crippen molar-refractivity contribution in [1.29, 1.82) is 0 Å². The first-order valence-corrected chi connectivity index (χ1v) is 10.6. The normalized spacial score (nSPS) is 14.9. The van der Waals surface area contributed by atoms with Gasteiger partial charge in [0.05, 0.1) is 35.0 Å². The monoisotopic (exact) mass is 528 g/mol. The minimum Gasteiger partial charge on any atom is -0.493 e. The van der Waals surface area contributed by atoms with E-state index in [1.54, 1.807) is 18.2 Å². The van der Waals surface area contributed by atoms with Gasteiger partial charge in [0.25, 0.3) is 11.8 Å². The average molecular weight is 530 g/mol. The lowest BCUT2D eigenvalue weighted by Crippen LogP contribution is -2.54. The van der Waals surface area contributed by atoms with E-state index in [0.717, 1.165) is 4.90 Å². The van der Waals surface area contributed by atoms with E-state index in [-0.39, 0.29) is 49.5 Å². The molecule has 2 aromatic rings. The number of carbonyl (C=O) groups excluding carboxylic acids is 3. The van der Waals surface area contributed by atoms with E-state index in [0.29, 0.717) is 5.56 Å². The quantitative estimate of drug-likeness (QED) is 0.261. The summed E-state index contributed by atoms with van der Waals surface area (Å²) in [7, 11) is 2.59. The molecular weight excluding hydrogens is 515 g/mol. The van der Waals surface area contributed by atoms with E-state index >= 15 is 0 Å². The Morgan fingerprint density at radius 2 is 1.88 bits per heavy atom. The molecule has 1 fully saturated rings. The predicted octanol–water partition coefficient (Wildman–Crippen LogP) is 4.04. The van der Waals surface area contributed by atoms with Gasteiger partial charge in [-0.2, -0.15) is 0 Å². The molecular formula is C21H15Cl3N2O6S. The van der Waals surface area contributed by atoms with Crippen molar-refractivity contribution >= 4 is 81.7 Å². The molecule has 2 aromatic carbocycles. The molecule has 0 atom stereocenters. The number of benzene rings is 2. The van der Waals surface area contributed by atoms with Crippen molar-refractivity contribution in [3.05, 3.63) is 56.5 Å². The van der Waals surface area contributed by atoms with E-state index in [2.05, 4.69) is 10.1 Å². The summed E-state index contributed by atoms with van der Waals surface area (Å²) in [5, 5.41) is 2.71. The number of methoxy groups -OCH3 is 2. The van der Waals surface area contributed by atoms with Crippen LogP contribution in [0.2, 0.25) is 15.1 Å². The van der Waals surface area contributed by atoms with Crippen LogP contribution in [0.3, 0.4) is 0 Å². The number of thiocarbonyl (C=S) groups is 1. The fourth-order valence-electron chi connectivity index (χ4n) is 2.86. The number of amides is 2. The maximum Gasteiger partial charge on any atom is 0.343 e. The van der Waals surface area contributed by atoms with Crippen molar-refractivity contribution in [2.24, 2.45) is 0 Å². The summed E-state index contributed by atoms with van der Waals surface area (Å²) < 4.78 is 15.2. The first-order chi connectivity index (χ1) is 15.7. The molecule has 0 saturated carbocycles. The highest BCUT2D eigenvalue weighted by atomic mass is 35.5. The molecule has 1 saturated heterocycles. The van der Waals surface area contributed by atoms with Crippen molar-refractivity contribution in [2.75, 3.05) is 25.7 Å². The number of halogens is 3. The summed E-state index contributed by atoms with van der Waals surface area (Å²) >= 11 is 23.8. The highest BCUT2D eigenvalue weighted by Gasteiger charge is 2.35. The molecule has 0 aliphatic carbocycles. The number of carbonyl (C=O) groups is 3. The zero-order valence-corrected chi connectivity index (χ0v) is 20.2. The van der Waals surface area contributed by atoms with Crippen LogP contribution in [0.4, 0.5) is 5.69 Å². The molecule has 0 aromatic heterocycles. The smallest absolute Gasteiger partial charge is 0.343 e. The lowest BCUT2D eigenvalue weighted by molar-refractivity contribution is -0.143.